The summed E-state index contributed by atoms with van der Waals surface area (Å²) in [5.74, 6) is 3.20. The van der Waals surface area contributed by atoms with Crippen LogP contribution in [0.2, 0.25) is 0 Å². The lowest BCUT2D eigenvalue weighted by Gasteiger charge is -2.42. The van der Waals surface area contributed by atoms with E-state index in [1.807, 2.05) is 60.7 Å². The third-order valence-corrected chi connectivity index (χ3v) is 18.0. The average molecular weight is 980 g/mol. The van der Waals surface area contributed by atoms with E-state index in [-0.39, 0.29) is 0 Å². The maximum Gasteiger partial charge on any atom is 0.237 e. The second-order valence-corrected chi connectivity index (χ2v) is 21.6. The molecule has 354 valence electrons. The van der Waals surface area contributed by atoms with E-state index in [4.69, 9.17) is 24.9 Å². The van der Waals surface area contributed by atoms with Gasteiger partial charge in [0.25, 0.3) is 0 Å². The Morgan fingerprint density at radius 1 is 0.253 bits per heavy atom. The standard InChI is InChI=1S/C67H45N7S/c1-5-23-46(24-6-1)64-70-65(47-25-7-2-8-26-47)72-66(71-64)49-28-22-34-53(44-49)75(50-29-9-3-10-30-50,51-31-11-4-12-32-51)52-33-21-27-48(43-52)58-45-63(73-59-39-17-13-35-54(59)55-36-14-18-40-60(55)73)69-67(68-58)74-61-41-19-15-37-56(61)57-38-16-20-42-62(57)74/h1-45H. The SMILES string of the molecule is c1ccc(-c2nc(-c3ccccc3)nc(-c3cccc(S(c4ccccc4)(c4ccccc4)c4cccc(-c5cc(-n6c7ccccc7c7ccccc76)nc(-n6c7ccccc7c7ccccc76)n5)c4)c3)n2)cc1. The first-order valence-corrected chi connectivity index (χ1v) is 26.7. The molecule has 0 radical (unpaired) electrons. The van der Waals surface area contributed by atoms with Crippen LogP contribution in [0.4, 0.5) is 0 Å². The van der Waals surface area contributed by atoms with Gasteiger partial charge in [-0.15, -0.1) is 10.0 Å². The summed E-state index contributed by atoms with van der Waals surface area (Å²) in [5.41, 5.74) is 8.75. The van der Waals surface area contributed by atoms with Gasteiger partial charge in [0, 0.05) is 69.4 Å². The van der Waals surface area contributed by atoms with Gasteiger partial charge in [-0.2, -0.15) is 4.98 Å². The topological polar surface area (TPSA) is 74.3 Å². The number of aromatic nitrogens is 7. The molecule has 0 spiro atoms. The Bertz CT molecular complexity index is 4090. The minimum atomic E-state index is -2.24. The Labute approximate surface area is 435 Å². The second-order valence-electron chi connectivity index (χ2n) is 18.5. The molecule has 0 saturated carbocycles. The lowest BCUT2D eigenvalue weighted by Crippen LogP contribution is -2.08. The number of hydrogen-bond acceptors (Lipinski definition) is 5. The van der Waals surface area contributed by atoms with E-state index in [2.05, 4.69) is 221 Å². The van der Waals surface area contributed by atoms with E-state index in [1.54, 1.807) is 0 Å². The molecule has 10 aromatic carbocycles. The van der Waals surface area contributed by atoms with Crippen LogP contribution in [-0.2, 0) is 0 Å². The molecular weight excluding hydrogens is 935 g/mol. The molecule has 75 heavy (non-hydrogen) atoms. The van der Waals surface area contributed by atoms with Crippen molar-refractivity contribution in [3.05, 3.63) is 273 Å². The maximum atomic E-state index is 5.60. The Morgan fingerprint density at radius 3 is 1.07 bits per heavy atom. The molecule has 4 heterocycles. The van der Waals surface area contributed by atoms with Crippen LogP contribution in [0.25, 0.3) is 101 Å². The summed E-state index contributed by atoms with van der Waals surface area (Å²) in [5, 5.41) is 4.63. The Morgan fingerprint density at radius 2 is 0.600 bits per heavy atom. The summed E-state index contributed by atoms with van der Waals surface area (Å²) in [6.07, 6.45) is 0. The van der Waals surface area contributed by atoms with Gasteiger partial charge in [-0.25, -0.2) is 19.9 Å². The van der Waals surface area contributed by atoms with Crippen molar-refractivity contribution >= 4 is 53.6 Å². The van der Waals surface area contributed by atoms with Crippen molar-refractivity contribution in [3.8, 4) is 57.2 Å². The molecule has 8 heteroatoms. The second kappa shape index (κ2) is 18.4. The zero-order chi connectivity index (χ0) is 49.7. The first kappa shape index (κ1) is 44.0. The molecular formula is C67H45N7S. The van der Waals surface area contributed by atoms with Crippen LogP contribution in [0.3, 0.4) is 0 Å². The maximum absolute atomic E-state index is 5.60. The van der Waals surface area contributed by atoms with E-state index < -0.39 is 10.0 Å². The van der Waals surface area contributed by atoms with E-state index >= 15 is 0 Å². The summed E-state index contributed by atoms with van der Waals surface area (Å²) in [6.45, 7) is 0. The number of benzene rings is 10. The first-order chi connectivity index (χ1) is 37.2. The van der Waals surface area contributed by atoms with Gasteiger partial charge < -0.3 is 0 Å². The minimum Gasteiger partial charge on any atom is -0.294 e. The molecule has 14 aromatic rings. The molecule has 4 aromatic heterocycles. The van der Waals surface area contributed by atoms with Crippen molar-refractivity contribution in [1.82, 2.24) is 34.1 Å². The Kier molecular flexibility index (Phi) is 10.8. The van der Waals surface area contributed by atoms with Crippen molar-refractivity contribution in [2.45, 2.75) is 19.6 Å². The van der Waals surface area contributed by atoms with Crippen LogP contribution in [0.1, 0.15) is 0 Å². The van der Waals surface area contributed by atoms with Crippen molar-refractivity contribution in [2.24, 2.45) is 0 Å². The van der Waals surface area contributed by atoms with Gasteiger partial charge in [0.1, 0.15) is 5.82 Å². The van der Waals surface area contributed by atoms with Crippen molar-refractivity contribution < 1.29 is 0 Å². The summed E-state index contributed by atoms with van der Waals surface area (Å²) >= 11 is 0. The molecule has 0 unspecified atom stereocenters. The largest absolute Gasteiger partial charge is 0.294 e. The molecule has 0 N–H and O–H groups in total. The van der Waals surface area contributed by atoms with Gasteiger partial charge in [0.2, 0.25) is 5.95 Å². The zero-order valence-electron chi connectivity index (χ0n) is 40.5. The van der Waals surface area contributed by atoms with Gasteiger partial charge >= 0.3 is 0 Å². The summed E-state index contributed by atoms with van der Waals surface area (Å²) in [4.78, 5) is 31.2. The molecule has 0 saturated heterocycles. The van der Waals surface area contributed by atoms with Crippen LogP contribution in [0.5, 0.6) is 0 Å². The highest BCUT2D eigenvalue weighted by Crippen LogP contribution is 2.73. The third kappa shape index (κ3) is 7.49. The number of nitrogens with zero attached hydrogens (tertiary/aromatic N) is 7. The summed E-state index contributed by atoms with van der Waals surface area (Å²) in [7, 11) is -2.24. The fraction of sp³-hybridized carbons (Fsp3) is 0. The summed E-state index contributed by atoms with van der Waals surface area (Å²) < 4.78 is 4.51. The lowest BCUT2D eigenvalue weighted by atomic mass is 10.1. The zero-order valence-corrected chi connectivity index (χ0v) is 41.3. The van der Waals surface area contributed by atoms with Crippen LogP contribution in [-0.4, -0.2) is 34.1 Å². The van der Waals surface area contributed by atoms with E-state index in [0.717, 1.165) is 76.4 Å². The minimum absolute atomic E-state index is 0.590. The van der Waals surface area contributed by atoms with Crippen LogP contribution >= 0.6 is 10.0 Å². The number of fused-ring (bicyclic) bond motifs is 6. The van der Waals surface area contributed by atoms with Crippen molar-refractivity contribution in [3.63, 3.8) is 0 Å². The fourth-order valence-electron chi connectivity index (χ4n) is 10.8. The molecule has 0 bridgehead atoms. The van der Waals surface area contributed by atoms with Gasteiger partial charge in [-0.05, 0) is 72.8 Å². The number of para-hydroxylation sites is 4. The highest BCUT2D eigenvalue weighted by Gasteiger charge is 2.34. The molecule has 0 aliphatic heterocycles. The van der Waals surface area contributed by atoms with Crippen molar-refractivity contribution in [1.29, 1.82) is 0 Å². The summed E-state index contributed by atoms with van der Waals surface area (Å²) in [6, 6.07) is 96.5. The van der Waals surface area contributed by atoms with E-state index in [9.17, 15) is 0 Å². The molecule has 0 amide bonds. The van der Waals surface area contributed by atoms with Gasteiger partial charge in [-0.1, -0.05) is 194 Å². The highest BCUT2D eigenvalue weighted by atomic mass is 32.3. The normalized spacial score (nSPS) is 11.9. The van der Waals surface area contributed by atoms with Gasteiger partial charge in [-0.3, -0.25) is 9.13 Å². The molecule has 0 fully saturated rings. The third-order valence-electron chi connectivity index (χ3n) is 14.1. The smallest absolute Gasteiger partial charge is 0.237 e. The van der Waals surface area contributed by atoms with E-state index in [1.165, 1.54) is 20.6 Å². The van der Waals surface area contributed by atoms with Gasteiger partial charge in [0.05, 0.1) is 27.8 Å². The lowest BCUT2D eigenvalue weighted by molar-refractivity contribution is 0.952. The molecule has 0 atom stereocenters. The Hall–Kier alpha value is -9.76. The monoisotopic (exact) mass is 979 g/mol. The fourth-order valence-corrected chi connectivity index (χ4v) is 14.7. The molecule has 7 nitrogen and oxygen atoms in total. The molecule has 0 aliphatic carbocycles. The number of hydrogen-bond donors (Lipinski definition) is 0. The molecule has 14 rings (SSSR count). The van der Waals surface area contributed by atoms with Gasteiger partial charge in [0.15, 0.2) is 17.5 Å². The highest BCUT2D eigenvalue weighted by molar-refractivity contribution is 8.34. The molecule has 0 aliphatic rings. The quantitative estimate of drug-likeness (QED) is 0.136. The Balaban J connectivity index is 1.02. The van der Waals surface area contributed by atoms with Crippen molar-refractivity contribution in [2.75, 3.05) is 0 Å². The van der Waals surface area contributed by atoms with E-state index in [0.29, 0.717) is 23.4 Å². The van der Waals surface area contributed by atoms with Crippen LogP contribution in [0, 0.1) is 0 Å². The predicted octanol–water partition coefficient (Wildman–Crippen LogP) is 16.9. The average Bonchev–Trinajstić information content (AvgIpc) is 4.02. The van der Waals surface area contributed by atoms with Crippen LogP contribution in [0.15, 0.2) is 293 Å². The predicted molar refractivity (Wildman–Crippen MR) is 306 cm³/mol. The first-order valence-electron chi connectivity index (χ1n) is 25.1. The number of rotatable bonds is 10. The van der Waals surface area contributed by atoms with Crippen LogP contribution < -0.4 is 0 Å².